The number of amides is 1. The number of alkyl halides is 3. The monoisotopic (exact) mass is 462 g/mol. The average molecular weight is 462 g/mol. The summed E-state index contributed by atoms with van der Waals surface area (Å²) < 4.78 is 48.3. The lowest BCUT2D eigenvalue weighted by Crippen LogP contribution is -2.33. The standard InChI is InChI=1S/C24H25F3N2O4/c25-24(26,27)21-5-1-20(2-6-21)16-33-29-12-9-18-3-7-22(8-4-18)32-17-23(30)28-15-19-10-13-31-14-11-19/h1-8,10,12-13,19H,9,11,14-17H2,(H,28,30). The Labute approximate surface area is 190 Å². The summed E-state index contributed by atoms with van der Waals surface area (Å²) >= 11 is 0. The van der Waals surface area contributed by atoms with Crippen molar-refractivity contribution in [3.63, 3.8) is 0 Å². The summed E-state index contributed by atoms with van der Waals surface area (Å²) in [5, 5.41) is 6.67. The van der Waals surface area contributed by atoms with Crippen LogP contribution in [-0.4, -0.2) is 31.9 Å². The number of nitrogens with zero attached hydrogens (tertiary/aromatic N) is 1. The molecule has 33 heavy (non-hydrogen) atoms. The molecule has 1 aliphatic rings. The number of nitrogens with one attached hydrogen (secondary N) is 1. The molecule has 1 N–H and O–H groups in total. The molecule has 3 rings (SSSR count). The minimum Gasteiger partial charge on any atom is -0.501 e. The van der Waals surface area contributed by atoms with Crippen LogP contribution in [0.25, 0.3) is 0 Å². The van der Waals surface area contributed by atoms with Crippen LogP contribution in [0.2, 0.25) is 0 Å². The van der Waals surface area contributed by atoms with Crippen molar-refractivity contribution in [3.8, 4) is 5.75 Å². The van der Waals surface area contributed by atoms with E-state index in [0.717, 1.165) is 24.1 Å². The van der Waals surface area contributed by atoms with Gasteiger partial charge < -0.3 is 19.6 Å². The Morgan fingerprint density at radius 1 is 1.12 bits per heavy atom. The van der Waals surface area contributed by atoms with Crippen molar-refractivity contribution in [2.75, 3.05) is 19.8 Å². The molecular formula is C24H25F3N2O4. The third kappa shape index (κ3) is 8.51. The van der Waals surface area contributed by atoms with E-state index in [1.54, 1.807) is 24.6 Å². The molecule has 1 heterocycles. The first-order valence-electron chi connectivity index (χ1n) is 10.5. The number of ether oxygens (including phenoxy) is 2. The molecule has 9 heteroatoms. The normalized spacial score (nSPS) is 15.8. The van der Waals surface area contributed by atoms with Gasteiger partial charge in [-0.2, -0.15) is 13.2 Å². The van der Waals surface area contributed by atoms with Gasteiger partial charge in [0.15, 0.2) is 6.61 Å². The summed E-state index contributed by atoms with van der Waals surface area (Å²) in [7, 11) is 0. The lowest BCUT2D eigenvalue weighted by Gasteiger charge is -2.17. The number of benzene rings is 2. The Morgan fingerprint density at radius 3 is 2.52 bits per heavy atom. The molecule has 6 nitrogen and oxygen atoms in total. The fraction of sp³-hybridized carbons (Fsp3) is 0.333. The van der Waals surface area contributed by atoms with Crippen LogP contribution in [0.3, 0.4) is 0 Å². The molecule has 2 aromatic rings. The van der Waals surface area contributed by atoms with Gasteiger partial charge in [-0.1, -0.05) is 29.4 Å². The predicted molar refractivity (Wildman–Crippen MR) is 117 cm³/mol. The molecule has 0 radical (unpaired) electrons. The van der Waals surface area contributed by atoms with Crippen LogP contribution in [0.5, 0.6) is 5.75 Å². The van der Waals surface area contributed by atoms with Crippen molar-refractivity contribution >= 4 is 12.1 Å². The van der Waals surface area contributed by atoms with Gasteiger partial charge in [-0.05, 0) is 47.9 Å². The summed E-state index contributed by atoms with van der Waals surface area (Å²) in [6.07, 6.45) is 2.20. The second kappa shape index (κ2) is 11.9. The number of carbonyl (C=O) groups excluding carboxylic acids is 1. The van der Waals surface area contributed by atoms with Crippen LogP contribution in [0, 0.1) is 5.92 Å². The largest absolute Gasteiger partial charge is 0.501 e. The van der Waals surface area contributed by atoms with Crippen molar-refractivity contribution < 1.29 is 32.3 Å². The second-order valence-electron chi connectivity index (χ2n) is 7.45. The SMILES string of the molecule is O=C(COc1ccc(CC=NOCc2ccc(C(F)(F)F)cc2)cc1)NCC1C=COCC1. The van der Waals surface area contributed by atoms with E-state index in [0.29, 0.717) is 30.9 Å². The van der Waals surface area contributed by atoms with Gasteiger partial charge in [-0.3, -0.25) is 4.79 Å². The number of hydrogen-bond acceptors (Lipinski definition) is 5. The van der Waals surface area contributed by atoms with Crippen LogP contribution >= 0.6 is 0 Å². The molecule has 176 valence electrons. The number of oxime groups is 1. The predicted octanol–water partition coefficient (Wildman–Crippen LogP) is 4.50. The maximum Gasteiger partial charge on any atom is 0.416 e. The Kier molecular flexibility index (Phi) is 8.74. The number of hydrogen-bond donors (Lipinski definition) is 1. The molecule has 1 aliphatic heterocycles. The topological polar surface area (TPSA) is 69.2 Å². The zero-order chi connectivity index (χ0) is 23.5. The van der Waals surface area contributed by atoms with Crippen molar-refractivity contribution in [2.45, 2.75) is 25.6 Å². The van der Waals surface area contributed by atoms with Gasteiger partial charge in [0.05, 0.1) is 18.4 Å². The van der Waals surface area contributed by atoms with E-state index >= 15 is 0 Å². The molecule has 0 bridgehead atoms. The first-order chi connectivity index (χ1) is 15.9. The van der Waals surface area contributed by atoms with Gasteiger partial charge in [-0.25, -0.2) is 0 Å². The Bertz CT molecular complexity index is 942. The second-order valence-corrected chi connectivity index (χ2v) is 7.45. The zero-order valence-electron chi connectivity index (χ0n) is 17.9. The van der Waals surface area contributed by atoms with E-state index in [4.69, 9.17) is 14.3 Å². The van der Waals surface area contributed by atoms with Crippen LogP contribution in [-0.2, 0) is 33.6 Å². The van der Waals surface area contributed by atoms with E-state index in [1.807, 2.05) is 18.2 Å². The van der Waals surface area contributed by atoms with Gasteiger partial charge in [0.25, 0.3) is 5.91 Å². The Balaban J connectivity index is 1.32. The molecule has 0 fully saturated rings. The minimum absolute atomic E-state index is 0.0640. The fourth-order valence-electron chi connectivity index (χ4n) is 2.98. The Morgan fingerprint density at radius 2 is 1.85 bits per heavy atom. The highest BCUT2D eigenvalue weighted by molar-refractivity contribution is 5.77. The first-order valence-corrected chi connectivity index (χ1v) is 10.5. The van der Waals surface area contributed by atoms with E-state index in [2.05, 4.69) is 10.5 Å². The maximum atomic E-state index is 12.5. The molecule has 1 amide bonds. The number of rotatable bonds is 10. The van der Waals surface area contributed by atoms with Gasteiger partial charge in [0.2, 0.25) is 0 Å². The van der Waals surface area contributed by atoms with E-state index in [-0.39, 0.29) is 25.0 Å². The fourth-order valence-corrected chi connectivity index (χ4v) is 2.98. The van der Waals surface area contributed by atoms with Crippen molar-refractivity contribution in [2.24, 2.45) is 11.1 Å². The first kappa shape index (κ1) is 24.2. The van der Waals surface area contributed by atoms with Gasteiger partial charge >= 0.3 is 6.18 Å². The lowest BCUT2D eigenvalue weighted by atomic mass is 10.1. The number of carbonyl (C=O) groups is 1. The third-order valence-corrected chi connectivity index (χ3v) is 4.90. The molecule has 0 aliphatic carbocycles. The molecule has 0 aromatic heterocycles. The molecule has 2 aromatic carbocycles. The van der Waals surface area contributed by atoms with E-state index in [1.165, 1.54) is 12.1 Å². The molecular weight excluding hydrogens is 437 g/mol. The van der Waals surface area contributed by atoms with Gasteiger partial charge in [0.1, 0.15) is 12.4 Å². The van der Waals surface area contributed by atoms with Crippen LogP contribution in [0.4, 0.5) is 13.2 Å². The van der Waals surface area contributed by atoms with Crippen LogP contribution in [0.15, 0.2) is 66.0 Å². The number of halogens is 3. The molecule has 1 unspecified atom stereocenters. The highest BCUT2D eigenvalue weighted by Crippen LogP contribution is 2.29. The summed E-state index contributed by atoms with van der Waals surface area (Å²) in [5.41, 5.74) is 0.852. The smallest absolute Gasteiger partial charge is 0.416 e. The third-order valence-electron chi connectivity index (χ3n) is 4.90. The molecule has 1 atom stereocenters. The van der Waals surface area contributed by atoms with Gasteiger partial charge in [-0.15, -0.1) is 0 Å². The quantitative estimate of drug-likeness (QED) is 0.417. The summed E-state index contributed by atoms with van der Waals surface area (Å²) in [6.45, 7) is 1.23. The Hall–Kier alpha value is -3.49. The van der Waals surface area contributed by atoms with Crippen molar-refractivity contribution in [1.82, 2.24) is 5.32 Å². The maximum absolute atomic E-state index is 12.5. The minimum atomic E-state index is -4.35. The van der Waals surface area contributed by atoms with Crippen LogP contribution in [0.1, 0.15) is 23.1 Å². The average Bonchev–Trinajstić information content (AvgIpc) is 2.82. The van der Waals surface area contributed by atoms with Gasteiger partial charge in [0, 0.05) is 25.1 Å². The molecule has 0 saturated heterocycles. The lowest BCUT2D eigenvalue weighted by molar-refractivity contribution is -0.137. The van der Waals surface area contributed by atoms with E-state index in [9.17, 15) is 18.0 Å². The summed E-state index contributed by atoms with van der Waals surface area (Å²) in [5.74, 6) is 0.675. The summed E-state index contributed by atoms with van der Waals surface area (Å²) in [6, 6.07) is 12.0. The highest BCUT2D eigenvalue weighted by Gasteiger charge is 2.29. The zero-order valence-corrected chi connectivity index (χ0v) is 17.9. The van der Waals surface area contributed by atoms with Crippen molar-refractivity contribution in [1.29, 1.82) is 0 Å². The summed E-state index contributed by atoms with van der Waals surface area (Å²) in [4.78, 5) is 17.0. The molecule has 0 spiro atoms. The van der Waals surface area contributed by atoms with E-state index < -0.39 is 11.7 Å². The van der Waals surface area contributed by atoms with Crippen molar-refractivity contribution in [3.05, 3.63) is 77.6 Å². The highest BCUT2D eigenvalue weighted by atomic mass is 19.4. The van der Waals surface area contributed by atoms with Crippen LogP contribution < -0.4 is 10.1 Å². The molecule has 0 saturated carbocycles.